The number of carbonyl (C=O) groups is 1. The molecule has 0 spiro atoms. The van der Waals surface area contributed by atoms with E-state index in [-0.39, 0.29) is 12.0 Å². The van der Waals surface area contributed by atoms with E-state index in [9.17, 15) is 4.79 Å². The van der Waals surface area contributed by atoms with Crippen LogP contribution in [0.4, 0.5) is 0 Å². The average molecular weight is 248 g/mol. The van der Waals surface area contributed by atoms with Crippen molar-refractivity contribution >= 4 is 5.91 Å². The minimum Gasteiger partial charge on any atom is -0.377 e. The quantitative estimate of drug-likeness (QED) is 0.829. The SMILES string of the molecule is CCOC(C)CNC(=O)c1ccc2c(c1)CNC2. The van der Waals surface area contributed by atoms with Crippen LogP contribution in [-0.4, -0.2) is 25.2 Å². The molecule has 1 aromatic carbocycles. The topological polar surface area (TPSA) is 50.4 Å². The molecule has 2 rings (SSSR count). The standard InChI is InChI=1S/C14H20N2O2/c1-3-18-10(2)7-16-14(17)11-4-5-12-8-15-9-13(12)6-11/h4-6,10,15H,3,7-9H2,1-2H3,(H,16,17). The third-order valence-corrected chi connectivity index (χ3v) is 3.10. The minimum absolute atomic E-state index is 0.0312. The number of hydrogen-bond donors (Lipinski definition) is 2. The second-order valence-electron chi connectivity index (χ2n) is 4.56. The number of ether oxygens (including phenoxy) is 1. The highest BCUT2D eigenvalue weighted by molar-refractivity contribution is 5.94. The van der Waals surface area contributed by atoms with Crippen LogP contribution in [0.1, 0.15) is 35.3 Å². The molecule has 4 heteroatoms. The third-order valence-electron chi connectivity index (χ3n) is 3.10. The summed E-state index contributed by atoms with van der Waals surface area (Å²) in [7, 11) is 0. The molecular formula is C14H20N2O2. The van der Waals surface area contributed by atoms with E-state index in [1.54, 1.807) is 0 Å². The Kier molecular flexibility index (Phi) is 4.33. The Hall–Kier alpha value is -1.39. The fourth-order valence-corrected chi connectivity index (χ4v) is 2.12. The lowest BCUT2D eigenvalue weighted by Gasteiger charge is -2.12. The Morgan fingerprint density at radius 3 is 3.00 bits per heavy atom. The summed E-state index contributed by atoms with van der Waals surface area (Å²) in [6.07, 6.45) is 0.0510. The molecule has 0 fully saturated rings. The summed E-state index contributed by atoms with van der Waals surface area (Å²) in [5.74, 6) is -0.0312. The highest BCUT2D eigenvalue weighted by atomic mass is 16.5. The van der Waals surface area contributed by atoms with Crippen molar-refractivity contribution in [3.63, 3.8) is 0 Å². The normalized spacial score (nSPS) is 15.2. The van der Waals surface area contributed by atoms with Crippen LogP contribution < -0.4 is 10.6 Å². The van der Waals surface area contributed by atoms with E-state index < -0.39 is 0 Å². The lowest BCUT2D eigenvalue weighted by Crippen LogP contribution is -2.32. The van der Waals surface area contributed by atoms with Crippen LogP contribution in [0.3, 0.4) is 0 Å². The lowest BCUT2D eigenvalue weighted by molar-refractivity contribution is 0.0695. The van der Waals surface area contributed by atoms with Crippen LogP contribution in [0.5, 0.6) is 0 Å². The van der Waals surface area contributed by atoms with Gasteiger partial charge in [-0.25, -0.2) is 0 Å². The molecule has 1 aliphatic rings. The molecular weight excluding hydrogens is 228 g/mol. The van der Waals surface area contributed by atoms with Gasteiger partial charge in [0.1, 0.15) is 0 Å². The minimum atomic E-state index is -0.0312. The summed E-state index contributed by atoms with van der Waals surface area (Å²) < 4.78 is 5.38. The Bertz CT molecular complexity index is 432. The maximum atomic E-state index is 12.0. The van der Waals surface area contributed by atoms with E-state index >= 15 is 0 Å². The van der Waals surface area contributed by atoms with Crippen LogP contribution in [0.2, 0.25) is 0 Å². The first-order chi connectivity index (χ1) is 8.70. The van der Waals surface area contributed by atoms with Gasteiger partial charge in [-0.3, -0.25) is 4.79 Å². The van der Waals surface area contributed by atoms with Crippen molar-refractivity contribution in [1.82, 2.24) is 10.6 Å². The zero-order chi connectivity index (χ0) is 13.0. The van der Waals surface area contributed by atoms with E-state index in [2.05, 4.69) is 10.6 Å². The van der Waals surface area contributed by atoms with Gasteiger partial charge in [-0.1, -0.05) is 6.07 Å². The predicted molar refractivity (Wildman–Crippen MR) is 70.4 cm³/mol. The number of benzene rings is 1. The fraction of sp³-hybridized carbons (Fsp3) is 0.500. The lowest BCUT2D eigenvalue weighted by atomic mass is 10.1. The van der Waals surface area contributed by atoms with E-state index in [0.717, 1.165) is 18.7 Å². The van der Waals surface area contributed by atoms with Gasteiger partial charge in [-0.15, -0.1) is 0 Å². The molecule has 18 heavy (non-hydrogen) atoms. The van der Waals surface area contributed by atoms with Crippen molar-refractivity contribution in [2.24, 2.45) is 0 Å². The Morgan fingerprint density at radius 2 is 2.22 bits per heavy atom. The van der Waals surface area contributed by atoms with Gasteiger partial charge < -0.3 is 15.4 Å². The van der Waals surface area contributed by atoms with Gasteiger partial charge in [0.2, 0.25) is 0 Å². The van der Waals surface area contributed by atoms with Gasteiger partial charge in [0.05, 0.1) is 6.10 Å². The van der Waals surface area contributed by atoms with Crippen molar-refractivity contribution < 1.29 is 9.53 Å². The van der Waals surface area contributed by atoms with Gasteiger partial charge >= 0.3 is 0 Å². The Labute approximate surface area is 108 Å². The molecule has 0 radical (unpaired) electrons. The molecule has 0 aliphatic carbocycles. The number of fused-ring (bicyclic) bond motifs is 1. The van der Waals surface area contributed by atoms with Crippen LogP contribution >= 0.6 is 0 Å². The van der Waals surface area contributed by atoms with E-state index in [1.165, 1.54) is 11.1 Å². The smallest absolute Gasteiger partial charge is 0.251 e. The molecule has 1 atom stereocenters. The van der Waals surface area contributed by atoms with Gasteiger partial charge in [0, 0.05) is 31.8 Å². The van der Waals surface area contributed by atoms with Crippen molar-refractivity contribution in [3.05, 3.63) is 34.9 Å². The monoisotopic (exact) mass is 248 g/mol. The fourth-order valence-electron chi connectivity index (χ4n) is 2.12. The van der Waals surface area contributed by atoms with E-state index in [4.69, 9.17) is 4.74 Å². The maximum Gasteiger partial charge on any atom is 0.251 e. The van der Waals surface area contributed by atoms with Crippen molar-refractivity contribution in [3.8, 4) is 0 Å². The molecule has 1 aromatic rings. The molecule has 0 aromatic heterocycles. The van der Waals surface area contributed by atoms with Crippen LogP contribution in [-0.2, 0) is 17.8 Å². The van der Waals surface area contributed by atoms with Gasteiger partial charge in [0.25, 0.3) is 5.91 Å². The van der Waals surface area contributed by atoms with Gasteiger partial charge in [0.15, 0.2) is 0 Å². The molecule has 1 aliphatic heterocycles. The zero-order valence-corrected chi connectivity index (χ0v) is 11.0. The average Bonchev–Trinajstić information content (AvgIpc) is 2.83. The number of rotatable bonds is 5. The molecule has 98 valence electrons. The predicted octanol–water partition coefficient (Wildman–Crippen LogP) is 1.44. The maximum absolute atomic E-state index is 12.0. The van der Waals surface area contributed by atoms with Crippen molar-refractivity contribution in [1.29, 1.82) is 0 Å². The molecule has 1 heterocycles. The summed E-state index contributed by atoms with van der Waals surface area (Å²) in [5.41, 5.74) is 3.23. The molecule has 1 amide bonds. The Balaban J connectivity index is 1.93. The summed E-state index contributed by atoms with van der Waals surface area (Å²) in [4.78, 5) is 12.0. The van der Waals surface area contributed by atoms with Crippen LogP contribution in [0, 0.1) is 0 Å². The number of amides is 1. The molecule has 0 saturated carbocycles. The summed E-state index contributed by atoms with van der Waals surface area (Å²) in [6.45, 7) is 6.87. The first kappa shape index (κ1) is 13.1. The zero-order valence-electron chi connectivity index (χ0n) is 11.0. The third kappa shape index (κ3) is 3.09. The number of carbonyl (C=O) groups excluding carboxylic acids is 1. The number of hydrogen-bond acceptors (Lipinski definition) is 3. The van der Waals surface area contributed by atoms with Crippen molar-refractivity contribution in [2.45, 2.75) is 33.0 Å². The second kappa shape index (κ2) is 5.98. The largest absolute Gasteiger partial charge is 0.377 e. The molecule has 0 bridgehead atoms. The second-order valence-corrected chi connectivity index (χ2v) is 4.56. The first-order valence-electron chi connectivity index (χ1n) is 6.43. The summed E-state index contributed by atoms with van der Waals surface area (Å²) in [6, 6.07) is 5.87. The highest BCUT2D eigenvalue weighted by Crippen LogP contribution is 2.16. The molecule has 4 nitrogen and oxygen atoms in total. The van der Waals surface area contributed by atoms with Crippen molar-refractivity contribution in [2.75, 3.05) is 13.2 Å². The molecule has 0 saturated heterocycles. The Morgan fingerprint density at radius 1 is 1.44 bits per heavy atom. The van der Waals surface area contributed by atoms with Gasteiger partial charge in [-0.05, 0) is 37.1 Å². The highest BCUT2D eigenvalue weighted by Gasteiger charge is 2.13. The molecule has 2 N–H and O–H groups in total. The number of nitrogens with one attached hydrogen (secondary N) is 2. The van der Waals surface area contributed by atoms with E-state index in [1.807, 2.05) is 32.0 Å². The first-order valence-corrected chi connectivity index (χ1v) is 6.43. The summed E-state index contributed by atoms with van der Waals surface area (Å²) in [5, 5.41) is 6.16. The van der Waals surface area contributed by atoms with Crippen LogP contribution in [0.25, 0.3) is 0 Å². The van der Waals surface area contributed by atoms with E-state index in [0.29, 0.717) is 13.2 Å². The summed E-state index contributed by atoms with van der Waals surface area (Å²) >= 11 is 0. The van der Waals surface area contributed by atoms with Crippen LogP contribution in [0.15, 0.2) is 18.2 Å². The van der Waals surface area contributed by atoms with Gasteiger partial charge in [-0.2, -0.15) is 0 Å². The molecule has 1 unspecified atom stereocenters.